The van der Waals surface area contributed by atoms with Crippen molar-refractivity contribution in [2.45, 2.75) is 20.8 Å². The first kappa shape index (κ1) is 9.90. The van der Waals surface area contributed by atoms with Crippen molar-refractivity contribution < 1.29 is 0 Å². The highest BCUT2D eigenvalue weighted by molar-refractivity contribution is 5.57. The van der Waals surface area contributed by atoms with Crippen LogP contribution in [-0.4, -0.2) is 13.1 Å². The number of hydrogen-bond acceptors (Lipinski definition) is 1. The molecule has 1 N–H and O–H groups in total. The number of aryl methyl sites for hydroxylation is 1. The Labute approximate surface area is 80.4 Å². The van der Waals surface area contributed by atoms with Crippen LogP contribution in [0.3, 0.4) is 0 Å². The Hall–Kier alpha value is -1.18. The fraction of sp³-hybridized carbons (Fsp3) is 0.455. The van der Waals surface area contributed by atoms with E-state index in [1.165, 1.54) is 0 Å². The summed E-state index contributed by atoms with van der Waals surface area (Å²) < 4.78 is 0. The summed E-state index contributed by atoms with van der Waals surface area (Å²) in [5.74, 6) is 0. The molecule has 2 nitrogen and oxygen atoms in total. The quantitative estimate of drug-likeness (QED) is 0.697. The second kappa shape index (κ2) is 4.17. The first-order valence-electron chi connectivity index (χ1n) is 4.76. The van der Waals surface area contributed by atoms with E-state index in [0.29, 0.717) is 5.69 Å². The van der Waals surface area contributed by atoms with Gasteiger partial charge in [-0.2, -0.15) is 0 Å². The van der Waals surface area contributed by atoms with Crippen molar-refractivity contribution in [3.8, 4) is 0 Å². The van der Waals surface area contributed by atoms with Crippen molar-refractivity contribution in [3.63, 3.8) is 0 Å². The van der Waals surface area contributed by atoms with Crippen molar-refractivity contribution in [3.05, 3.63) is 23.8 Å². The van der Waals surface area contributed by atoms with Gasteiger partial charge in [0.2, 0.25) is 0 Å². The lowest BCUT2D eigenvalue weighted by molar-refractivity contribution is 0.866. The molecule has 0 saturated heterocycles. The standard InChI is InChI=1S/C11H17N2/c1-4-13(5-2)10-7-6-9(3)11(12)8-10/h6-8,12H,4-5H2,1-3H3. The number of hydrogen-bond donors (Lipinski definition) is 0. The molecule has 0 amide bonds. The van der Waals surface area contributed by atoms with Gasteiger partial charge in [-0.15, -0.1) is 0 Å². The molecule has 71 valence electrons. The lowest BCUT2D eigenvalue weighted by Crippen LogP contribution is -2.21. The maximum atomic E-state index is 7.68. The van der Waals surface area contributed by atoms with Crippen LogP contribution in [0.4, 0.5) is 11.4 Å². The Bertz CT molecular complexity index is 277. The van der Waals surface area contributed by atoms with E-state index < -0.39 is 0 Å². The van der Waals surface area contributed by atoms with Gasteiger partial charge >= 0.3 is 0 Å². The van der Waals surface area contributed by atoms with E-state index in [1.807, 2.05) is 19.1 Å². The van der Waals surface area contributed by atoms with Crippen LogP contribution in [0.15, 0.2) is 18.2 Å². The van der Waals surface area contributed by atoms with E-state index in [-0.39, 0.29) is 0 Å². The molecule has 1 aromatic rings. The molecule has 0 fully saturated rings. The molecule has 0 aliphatic heterocycles. The third-order valence-electron chi connectivity index (χ3n) is 2.35. The smallest absolute Gasteiger partial charge is 0.0589 e. The van der Waals surface area contributed by atoms with Crippen LogP contribution in [-0.2, 0) is 0 Å². The van der Waals surface area contributed by atoms with Crippen LogP contribution in [0, 0.1) is 6.92 Å². The summed E-state index contributed by atoms with van der Waals surface area (Å²) in [5.41, 5.74) is 10.5. The van der Waals surface area contributed by atoms with Crippen molar-refractivity contribution in [1.29, 1.82) is 0 Å². The molecule has 0 aromatic heterocycles. The van der Waals surface area contributed by atoms with Crippen LogP contribution < -0.4 is 10.6 Å². The highest BCUT2D eigenvalue weighted by atomic mass is 15.1. The number of anilines is 1. The largest absolute Gasteiger partial charge is 0.372 e. The summed E-state index contributed by atoms with van der Waals surface area (Å²) in [7, 11) is 0. The maximum absolute atomic E-state index is 7.68. The minimum atomic E-state index is 0.629. The topological polar surface area (TPSA) is 27.0 Å². The van der Waals surface area contributed by atoms with Gasteiger partial charge in [-0.1, -0.05) is 6.07 Å². The lowest BCUT2D eigenvalue weighted by Gasteiger charge is -2.21. The van der Waals surface area contributed by atoms with Gasteiger partial charge in [-0.25, -0.2) is 0 Å². The normalized spacial score (nSPS) is 10.1. The van der Waals surface area contributed by atoms with E-state index in [2.05, 4.69) is 24.8 Å². The summed E-state index contributed by atoms with van der Waals surface area (Å²) in [6, 6.07) is 6.03. The summed E-state index contributed by atoms with van der Waals surface area (Å²) in [6.07, 6.45) is 0. The second-order valence-corrected chi connectivity index (χ2v) is 3.17. The molecule has 0 aliphatic carbocycles. The highest BCUT2D eigenvalue weighted by Gasteiger charge is 2.02. The molecule has 1 aromatic carbocycles. The second-order valence-electron chi connectivity index (χ2n) is 3.17. The molecule has 0 atom stereocenters. The lowest BCUT2D eigenvalue weighted by atomic mass is 10.2. The molecular weight excluding hydrogens is 160 g/mol. The first-order chi connectivity index (χ1) is 6.19. The minimum absolute atomic E-state index is 0.629. The molecular formula is C11H17N2. The molecule has 0 unspecified atom stereocenters. The van der Waals surface area contributed by atoms with Crippen molar-refractivity contribution in [2.24, 2.45) is 0 Å². The SMILES string of the molecule is CCN(CC)c1ccc(C)c([NH])c1. The van der Waals surface area contributed by atoms with Gasteiger partial charge in [0.25, 0.3) is 0 Å². The maximum Gasteiger partial charge on any atom is 0.0589 e. The summed E-state index contributed by atoms with van der Waals surface area (Å²) in [6.45, 7) is 8.23. The monoisotopic (exact) mass is 177 g/mol. The summed E-state index contributed by atoms with van der Waals surface area (Å²) in [4.78, 5) is 2.25. The Morgan fingerprint density at radius 2 is 1.85 bits per heavy atom. The fourth-order valence-electron chi connectivity index (χ4n) is 1.40. The third kappa shape index (κ3) is 2.14. The molecule has 1 rings (SSSR count). The Balaban J connectivity index is 2.95. The third-order valence-corrected chi connectivity index (χ3v) is 2.35. The van der Waals surface area contributed by atoms with E-state index in [4.69, 9.17) is 5.73 Å². The van der Waals surface area contributed by atoms with Crippen LogP contribution >= 0.6 is 0 Å². The van der Waals surface area contributed by atoms with Crippen LogP contribution in [0.5, 0.6) is 0 Å². The molecule has 1 radical (unpaired) electrons. The van der Waals surface area contributed by atoms with Crippen molar-refractivity contribution in [2.75, 3.05) is 18.0 Å². The predicted octanol–water partition coefficient (Wildman–Crippen LogP) is 2.76. The summed E-state index contributed by atoms with van der Waals surface area (Å²) in [5, 5.41) is 0. The van der Waals surface area contributed by atoms with Gasteiger partial charge in [0.05, 0.1) is 5.69 Å². The molecule has 13 heavy (non-hydrogen) atoms. The zero-order valence-corrected chi connectivity index (χ0v) is 8.59. The number of nitrogens with one attached hydrogen (secondary N) is 1. The van der Waals surface area contributed by atoms with Gasteiger partial charge in [0, 0.05) is 18.8 Å². The van der Waals surface area contributed by atoms with Gasteiger partial charge < -0.3 is 10.6 Å². The molecule has 0 aliphatic rings. The zero-order valence-electron chi connectivity index (χ0n) is 8.59. The number of nitrogens with zero attached hydrogens (tertiary/aromatic N) is 1. The molecule has 0 spiro atoms. The Kier molecular flexibility index (Phi) is 3.18. The predicted molar refractivity (Wildman–Crippen MR) is 57.5 cm³/mol. The fourth-order valence-corrected chi connectivity index (χ4v) is 1.40. The molecule has 0 heterocycles. The first-order valence-corrected chi connectivity index (χ1v) is 4.76. The average molecular weight is 177 g/mol. The Morgan fingerprint density at radius 3 is 2.31 bits per heavy atom. The molecule has 0 saturated carbocycles. The van der Waals surface area contributed by atoms with E-state index >= 15 is 0 Å². The minimum Gasteiger partial charge on any atom is -0.372 e. The van der Waals surface area contributed by atoms with Crippen LogP contribution in [0.2, 0.25) is 0 Å². The average Bonchev–Trinajstić information content (AvgIpc) is 2.13. The Morgan fingerprint density at radius 1 is 1.23 bits per heavy atom. The van der Waals surface area contributed by atoms with Crippen molar-refractivity contribution >= 4 is 11.4 Å². The van der Waals surface area contributed by atoms with Gasteiger partial charge in [-0.3, -0.25) is 0 Å². The van der Waals surface area contributed by atoms with E-state index in [1.54, 1.807) is 0 Å². The molecule has 2 heteroatoms. The van der Waals surface area contributed by atoms with Crippen LogP contribution in [0.25, 0.3) is 0 Å². The number of rotatable bonds is 3. The molecule has 0 bridgehead atoms. The van der Waals surface area contributed by atoms with Gasteiger partial charge in [0.15, 0.2) is 0 Å². The summed E-state index contributed by atoms with van der Waals surface area (Å²) >= 11 is 0. The highest BCUT2D eigenvalue weighted by Crippen LogP contribution is 2.21. The van der Waals surface area contributed by atoms with E-state index in [0.717, 1.165) is 24.3 Å². The number of benzene rings is 1. The van der Waals surface area contributed by atoms with Crippen LogP contribution in [0.1, 0.15) is 19.4 Å². The van der Waals surface area contributed by atoms with Gasteiger partial charge in [0.1, 0.15) is 0 Å². The van der Waals surface area contributed by atoms with Crippen molar-refractivity contribution in [1.82, 2.24) is 5.73 Å². The zero-order chi connectivity index (χ0) is 9.84. The van der Waals surface area contributed by atoms with Gasteiger partial charge in [-0.05, 0) is 38.5 Å². The van der Waals surface area contributed by atoms with E-state index in [9.17, 15) is 0 Å².